The highest BCUT2D eigenvalue weighted by atomic mass is 16.6. The normalized spacial score (nSPS) is 11.7. The van der Waals surface area contributed by atoms with Crippen molar-refractivity contribution in [2.24, 2.45) is 20.5 Å². The molecule has 206 valence electrons. The Kier molecular flexibility index (Phi) is 10.0. The highest BCUT2D eigenvalue weighted by Gasteiger charge is 2.13. The molecule has 0 aliphatic heterocycles. The van der Waals surface area contributed by atoms with E-state index in [0.717, 1.165) is 18.8 Å². The minimum Gasteiger partial charge on any atom is -0.494 e. The molecular weight excluding hydrogens is 500 g/mol. The molecule has 0 aromatic heterocycles. The van der Waals surface area contributed by atoms with Crippen LogP contribution < -0.4 is 14.4 Å². The lowest BCUT2D eigenvalue weighted by Crippen LogP contribution is -2.30. The van der Waals surface area contributed by atoms with Gasteiger partial charge in [-0.15, -0.1) is 10.2 Å². The van der Waals surface area contributed by atoms with Gasteiger partial charge in [-0.05, 0) is 64.1 Å². The van der Waals surface area contributed by atoms with Gasteiger partial charge in [-0.3, -0.25) is 10.1 Å². The third-order valence-electron chi connectivity index (χ3n) is 5.58. The number of likely N-dealkylation sites (N-methyl/N-ethyl adjacent to an activating group) is 1. The van der Waals surface area contributed by atoms with E-state index in [1.807, 2.05) is 45.0 Å². The van der Waals surface area contributed by atoms with E-state index in [9.17, 15) is 10.1 Å². The van der Waals surface area contributed by atoms with Crippen LogP contribution in [0.15, 0.2) is 81.1 Å². The average Bonchev–Trinajstić information content (AvgIpc) is 2.93. The number of benzene rings is 3. The molecule has 0 fully saturated rings. The number of ether oxygens (including phenoxy) is 3. The number of non-ortho nitro benzene ring substituents is 1. The van der Waals surface area contributed by atoms with Gasteiger partial charge in [0.05, 0.1) is 42.7 Å². The van der Waals surface area contributed by atoms with Crippen LogP contribution in [-0.2, 0) is 4.74 Å². The Labute approximate surface area is 228 Å². The summed E-state index contributed by atoms with van der Waals surface area (Å²) in [5, 5.41) is 27.9. The maximum absolute atomic E-state index is 10.8. The monoisotopic (exact) mass is 534 g/mol. The molecule has 0 N–H and O–H groups in total. The van der Waals surface area contributed by atoms with E-state index < -0.39 is 4.92 Å². The molecule has 0 unspecified atom stereocenters. The molecule has 0 bridgehead atoms. The Morgan fingerprint density at radius 3 is 1.72 bits per heavy atom. The highest BCUT2D eigenvalue weighted by molar-refractivity contribution is 5.66. The van der Waals surface area contributed by atoms with Crippen LogP contribution in [0.2, 0.25) is 0 Å². The van der Waals surface area contributed by atoms with Crippen LogP contribution in [-0.4, -0.2) is 44.4 Å². The quantitative estimate of drug-likeness (QED) is 0.131. The fourth-order valence-electron chi connectivity index (χ4n) is 3.55. The molecule has 11 nitrogen and oxygen atoms in total. The molecule has 0 atom stereocenters. The second kappa shape index (κ2) is 13.4. The third-order valence-corrected chi connectivity index (χ3v) is 5.58. The number of anilines is 1. The average molecular weight is 535 g/mol. The zero-order valence-electron chi connectivity index (χ0n) is 23.1. The molecule has 3 aromatic rings. The van der Waals surface area contributed by atoms with Gasteiger partial charge in [0.15, 0.2) is 0 Å². The number of nitrogens with zero attached hydrogens (tertiary/aromatic N) is 6. The van der Waals surface area contributed by atoms with Crippen LogP contribution in [0.1, 0.15) is 27.7 Å². The molecular formula is C28H34N6O5. The summed E-state index contributed by atoms with van der Waals surface area (Å²) in [5.74, 6) is 0.853. The first kappa shape index (κ1) is 29.2. The SMILES string of the molecule is CCN(CCOC(C)(C)C)c1ccc(/N=N/c2cc(OC)c(/N=N/c3ccc([N+](=O)[O-])cc3)cc2OC)cc1. The largest absolute Gasteiger partial charge is 0.494 e. The van der Waals surface area contributed by atoms with Crippen molar-refractivity contribution in [2.45, 2.75) is 33.3 Å². The molecule has 11 heteroatoms. The molecule has 0 aliphatic rings. The summed E-state index contributed by atoms with van der Waals surface area (Å²) < 4.78 is 16.8. The Hall–Kier alpha value is -4.38. The van der Waals surface area contributed by atoms with Crippen LogP contribution in [0, 0.1) is 10.1 Å². The summed E-state index contributed by atoms with van der Waals surface area (Å²) >= 11 is 0. The lowest BCUT2D eigenvalue weighted by atomic mass is 10.2. The molecule has 0 saturated carbocycles. The molecule has 0 saturated heterocycles. The van der Waals surface area contributed by atoms with E-state index in [2.05, 4.69) is 32.3 Å². The smallest absolute Gasteiger partial charge is 0.269 e. The van der Waals surface area contributed by atoms with Gasteiger partial charge < -0.3 is 19.1 Å². The minimum absolute atomic E-state index is 0.0223. The summed E-state index contributed by atoms with van der Waals surface area (Å²) in [5.41, 5.74) is 2.90. The Balaban J connectivity index is 1.75. The topological polar surface area (TPSA) is 124 Å². The lowest BCUT2D eigenvalue weighted by molar-refractivity contribution is -0.384. The number of nitro groups is 1. The Bertz CT molecular complexity index is 1300. The summed E-state index contributed by atoms with van der Waals surface area (Å²) in [4.78, 5) is 12.6. The molecule has 3 rings (SSSR count). The molecule has 0 radical (unpaired) electrons. The van der Waals surface area contributed by atoms with Crippen molar-refractivity contribution in [1.29, 1.82) is 0 Å². The minimum atomic E-state index is -0.471. The first-order chi connectivity index (χ1) is 18.6. The predicted octanol–water partition coefficient (Wildman–Crippen LogP) is 8.08. The van der Waals surface area contributed by atoms with Gasteiger partial charge in [-0.2, -0.15) is 10.2 Å². The van der Waals surface area contributed by atoms with Crippen molar-refractivity contribution in [3.63, 3.8) is 0 Å². The van der Waals surface area contributed by atoms with Gasteiger partial charge in [0, 0.05) is 43.0 Å². The molecule has 3 aromatic carbocycles. The number of hydrogen-bond acceptors (Lipinski definition) is 10. The number of nitro benzene ring substituents is 1. The molecule has 0 aliphatic carbocycles. The Morgan fingerprint density at radius 2 is 1.31 bits per heavy atom. The standard InChI is InChI=1S/C28H34N6O5/c1-7-33(16-17-39-28(2,3)4)22-12-8-20(9-13-22)29-31-24-18-27(38-6)25(19-26(24)37-5)32-30-21-10-14-23(15-11-21)34(35)36/h8-15,18-19H,7,16-17H2,1-6H3/b31-29+,32-30+. The van der Waals surface area contributed by atoms with Crippen LogP contribution in [0.25, 0.3) is 0 Å². The summed E-state index contributed by atoms with van der Waals surface area (Å²) in [6, 6.07) is 16.9. The second-order valence-electron chi connectivity index (χ2n) is 9.43. The number of azo groups is 2. The van der Waals surface area contributed by atoms with Crippen LogP contribution in [0.3, 0.4) is 0 Å². The fraction of sp³-hybridized carbons (Fsp3) is 0.357. The summed E-state index contributed by atoms with van der Waals surface area (Å²) in [6.45, 7) is 10.6. The van der Waals surface area contributed by atoms with Gasteiger partial charge in [0.1, 0.15) is 22.9 Å². The van der Waals surface area contributed by atoms with Crippen molar-refractivity contribution in [3.05, 3.63) is 70.8 Å². The summed E-state index contributed by atoms with van der Waals surface area (Å²) in [7, 11) is 3.04. The second-order valence-corrected chi connectivity index (χ2v) is 9.43. The zero-order valence-corrected chi connectivity index (χ0v) is 23.1. The van der Waals surface area contributed by atoms with Gasteiger partial charge in [0.25, 0.3) is 5.69 Å². The first-order valence-corrected chi connectivity index (χ1v) is 12.5. The molecule has 0 amide bonds. The van der Waals surface area contributed by atoms with Crippen LogP contribution in [0.4, 0.5) is 34.1 Å². The maximum Gasteiger partial charge on any atom is 0.269 e. The fourth-order valence-corrected chi connectivity index (χ4v) is 3.55. The predicted molar refractivity (Wildman–Crippen MR) is 151 cm³/mol. The molecule has 0 spiro atoms. The van der Waals surface area contributed by atoms with Gasteiger partial charge in [0.2, 0.25) is 0 Å². The van der Waals surface area contributed by atoms with Gasteiger partial charge in [-0.25, -0.2) is 0 Å². The number of methoxy groups -OCH3 is 2. The van der Waals surface area contributed by atoms with Crippen LogP contribution >= 0.6 is 0 Å². The lowest BCUT2D eigenvalue weighted by Gasteiger charge is -2.26. The van der Waals surface area contributed by atoms with Crippen molar-refractivity contribution < 1.29 is 19.1 Å². The molecule has 39 heavy (non-hydrogen) atoms. The maximum atomic E-state index is 10.8. The van der Waals surface area contributed by atoms with E-state index >= 15 is 0 Å². The van der Waals surface area contributed by atoms with Crippen molar-refractivity contribution in [3.8, 4) is 11.5 Å². The van der Waals surface area contributed by atoms with Gasteiger partial charge in [-0.1, -0.05) is 0 Å². The molecule has 0 heterocycles. The van der Waals surface area contributed by atoms with Crippen molar-refractivity contribution in [1.82, 2.24) is 0 Å². The van der Waals surface area contributed by atoms with Gasteiger partial charge >= 0.3 is 0 Å². The summed E-state index contributed by atoms with van der Waals surface area (Å²) in [6.07, 6.45) is 0. The van der Waals surface area contributed by atoms with E-state index in [1.54, 1.807) is 12.1 Å². The zero-order chi connectivity index (χ0) is 28.4. The highest BCUT2D eigenvalue weighted by Crippen LogP contribution is 2.41. The first-order valence-electron chi connectivity index (χ1n) is 12.5. The van der Waals surface area contributed by atoms with E-state index in [0.29, 0.717) is 40.9 Å². The van der Waals surface area contributed by atoms with Crippen molar-refractivity contribution in [2.75, 3.05) is 38.8 Å². The number of rotatable bonds is 12. The third kappa shape index (κ3) is 8.57. The number of hydrogen-bond donors (Lipinski definition) is 0. The van der Waals surface area contributed by atoms with Crippen molar-refractivity contribution >= 4 is 34.1 Å². The van der Waals surface area contributed by atoms with E-state index in [1.165, 1.54) is 38.5 Å². The Morgan fingerprint density at radius 1 is 0.821 bits per heavy atom. The van der Waals surface area contributed by atoms with E-state index in [4.69, 9.17) is 14.2 Å². The van der Waals surface area contributed by atoms with Crippen LogP contribution in [0.5, 0.6) is 11.5 Å². The van der Waals surface area contributed by atoms with E-state index in [-0.39, 0.29) is 11.3 Å².